The minimum absolute atomic E-state index is 0.0929. The molecule has 1 aromatic carbocycles. The predicted molar refractivity (Wildman–Crippen MR) is 109 cm³/mol. The molecule has 2 aliphatic rings. The fraction of sp³-hybridized carbons (Fsp3) is 0.333. The predicted octanol–water partition coefficient (Wildman–Crippen LogP) is 2.80. The largest absolute Gasteiger partial charge is 0.386 e. The van der Waals surface area contributed by atoms with Crippen LogP contribution in [0.5, 0.6) is 0 Å². The Morgan fingerprint density at radius 1 is 1.28 bits per heavy atom. The first-order valence-corrected chi connectivity index (χ1v) is 9.89. The number of oxime groups is 1. The third kappa shape index (κ3) is 4.40. The molecule has 0 radical (unpaired) electrons. The number of rotatable bonds is 4. The van der Waals surface area contributed by atoms with Gasteiger partial charge in [0.05, 0.1) is 6.54 Å². The van der Waals surface area contributed by atoms with E-state index >= 15 is 0 Å². The number of hydrogen-bond donors (Lipinski definition) is 1. The van der Waals surface area contributed by atoms with Gasteiger partial charge in [0.25, 0.3) is 11.8 Å². The highest BCUT2D eigenvalue weighted by molar-refractivity contribution is 6.39. The van der Waals surface area contributed by atoms with Crippen molar-refractivity contribution < 1.29 is 14.4 Å². The van der Waals surface area contributed by atoms with E-state index in [2.05, 4.69) is 15.5 Å². The van der Waals surface area contributed by atoms with E-state index in [1.54, 1.807) is 41.6 Å². The monoisotopic (exact) mass is 412 g/mol. The molecular weight excluding hydrogens is 392 g/mol. The molecule has 1 N–H and O–H groups in total. The van der Waals surface area contributed by atoms with Crippen LogP contribution in [-0.2, 0) is 16.2 Å². The average Bonchev–Trinajstić information content (AvgIpc) is 3.15. The van der Waals surface area contributed by atoms with Crippen LogP contribution in [0.2, 0.25) is 5.02 Å². The maximum absolute atomic E-state index is 12.9. The SMILES string of the molecule is O=C(NCc1cccnc1)C1=NOC2(CCCN(C(=O)c3cccc(Cl)c3)C2)C1. The van der Waals surface area contributed by atoms with Gasteiger partial charge >= 0.3 is 0 Å². The number of piperidine rings is 1. The first-order valence-electron chi connectivity index (χ1n) is 9.52. The van der Waals surface area contributed by atoms with Crippen LogP contribution in [0.1, 0.15) is 35.2 Å². The molecule has 1 aromatic heterocycles. The molecule has 0 aliphatic carbocycles. The van der Waals surface area contributed by atoms with Gasteiger partial charge in [-0.05, 0) is 42.7 Å². The van der Waals surface area contributed by atoms with Gasteiger partial charge in [0.2, 0.25) is 0 Å². The number of nitrogens with zero attached hydrogens (tertiary/aromatic N) is 3. The van der Waals surface area contributed by atoms with Crippen molar-refractivity contribution >= 4 is 29.1 Å². The lowest BCUT2D eigenvalue weighted by Gasteiger charge is -2.38. The Kier molecular flexibility index (Phi) is 5.49. The second-order valence-electron chi connectivity index (χ2n) is 7.37. The number of benzene rings is 1. The molecule has 1 spiro atoms. The molecule has 29 heavy (non-hydrogen) atoms. The van der Waals surface area contributed by atoms with E-state index in [-0.39, 0.29) is 11.8 Å². The van der Waals surface area contributed by atoms with Crippen LogP contribution in [0, 0.1) is 0 Å². The summed E-state index contributed by atoms with van der Waals surface area (Å²) in [6.07, 6.45) is 5.30. The number of nitrogens with one attached hydrogen (secondary N) is 1. The minimum atomic E-state index is -0.645. The lowest BCUT2D eigenvalue weighted by Crippen LogP contribution is -2.51. The summed E-state index contributed by atoms with van der Waals surface area (Å²) in [7, 11) is 0. The minimum Gasteiger partial charge on any atom is -0.386 e. The summed E-state index contributed by atoms with van der Waals surface area (Å²) >= 11 is 6.01. The van der Waals surface area contributed by atoms with Gasteiger partial charge in [0.1, 0.15) is 5.71 Å². The second-order valence-corrected chi connectivity index (χ2v) is 7.81. The molecule has 1 atom stereocenters. The molecule has 1 fully saturated rings. The number of likely N-dealkylation sites (tertiary alicyclic amines) is 1. The van der Waals surface area contributed by atoms with Crippen LogP contribution in [0.15, 0.2) is 53.9 Å². The molecule has 2 aliphatic heterocycles. The Hall–Kier alpha value is -2.93. The normalized spacial score (nSPS) is 20.9. The van der Waals surface area contributed by atoms with Crippen molar-refractivity contribution in [3.63, 3.8) is 0 Å². The topological polar surface area (TPSA) is 83.9 Å². The van der Waals surface area contributed by atoms with Gasteiger partial charge in [-0.25, -0.2) is 0 Å². The van der Waals surface area contributed by atoms with Crippen molar-refractivity contribution in [3.05, 3.63) is 64.9 Å². The molecule has 8 heteroatoms. The van der Waals surface area contributed by atoms with E-state index in [1.807, 2.05) is 12.1 Å². The number of halogens is 1. The van der Waals surface area contributed by atoms with Crippen LogP contribution < -0.4 is 5.32 Å². The zero-order valence-corrected chi connectivity index (χ0v) is 16.6. The summed E-state index contributed by atoms with van der Waals surface area (Å²) in [6, 6.07) is 10.6. The lowest BCUT2D eigenvalue weighted by molar-refractivity contribution is -0.115. The van der Waals surface area contributed by atoms with Crippen molar-refractivity contribution in [2.45, 2.75) is 31.4 Å². The smallest absolute Gasteiger partial charge is 0.269 e. The Balaban J connectivity index is 1.37. The van der Waals surface area contributed by atoms with Crippen LogP contribution in [-0.4, -0.2) is 46.1 Å². The van der Waals surface area contributed by atoms with Gasteiger partial charge in [-0.1, -0.05) is 28.9 Å². The Labute approximate surface area is 173 Å². The lowest BCUT2D eigenvalue weighted by atomic mass is 9.87. The van der Waals surface area contributed by atoms with Gasteiger partial charge in [0, 0.05) is 42.5 Å². The summed E-state index contributed by atoms with van der Waals surface area (Å²) < 4.78 is 0. The molecule has 4 rings (SSSR count). The summed E-state index contributed by atoms with van der Waals surface area (Å²) in [5, 5.41) is 7.40. The second kappa shape index (κ2) is 8.21. The van der Waals surface area contributed by atoms with Gasteiger partial charge in [-0.3, -0.25) is 14.6 Å². The van der Waals surface area contributed by atoms with Crippen molar-refractivity contribution in [1.29, 1.82) is 0 Å². The van der Waals surface area contributed by atoms with E-state index in [1.165, 1.54) is 0 Å². The third-order valence-corrected chi connectivity index (χ3v) is 5.41. The van der Waals surface area contributed by atoms with Crippen molar-refractivity contribution in [2.24, 2.45) is 5.16 Å². The Bertz CT molecular complexity index is 950. The zero-order valence-electron chi connectivity index (χ0n) is 15.8. The Morgan fingerprint density at radius 2 is 2.17 bits per heavy atom. The van der Waals surface area contributed by atoms with Crippen LogP contribution in [0.3, 0.4) is 0 Å². The molecule has 2 aromatic rings. The van der Waals surface area contributed by atoms with Gasteiger partial charge in [0.15, 0.2) is 5.60 Å². The number of amides is 2. The number of carbonyl (C=O) groups excluding carboxylic acids is 2. The highest BCUT2D eigenvalue weighted by Crippen LogP contribution is 2.34. The molecule has 150 valence electrons. The van der Waals surface area contributed by atoms with Crippen molar-refractivity contribution in [1.82, 2.24) is 15.2 Å². The molecular formula is C21H21ClN4O3. The fourth-order valence-electron chi connectivity index (χ4n) is 3.72. The van der Waals surface area contributed by atoms with Crippen LogP contribution >= 0.6 is 11.6 Å². The number of carbonyl (C=O) groups is 2. The molecule has 1 unspecified atom stereocenters. The van der Waals surface area contributed by atoms with Crippen molar-refractivity contribution in [3.8, 4) is 0 Å². The third-order valence-electron chi connectivity index (χ3n) is 5.18. The number of pyridine rings is 1. The van der Waals surface area contributed by atoms with Crippen LogP contribution in [0.25, 0.3) is 0 Å². The standard InChI is InChI=1S/C21H21ClN4O3/c22-17-6-1-5-16(10-17)20(28)26-9-3-7-21(14-26)11-18(25-29-21)19(27)24-13-15-4-2-8-23-12-15/h1-2,4-6,8,10,12H,3,7,9,11,13-14H2,(H,24,27). The summed E-state index contributed by atoms with van der Waals surface area (Å²) in [5.74, 6) is -0.353. The van der Waals surface area contributed by atoms with Gasteiger partial charge in [-0.15, -0.1) is 0 Å². The molecule has 0 bridgehead atoms. The van der Waals surface area contributed by atoms with E-state index in [4.69, 9.17) is 16.4 Å². The molecule has 1 saturated heterocycles. The van der Waals surface area contributed by atoms with Crippen LogP contribution in [0.4, 0.5) is 0 Å². The highest BCUT2D eigenvalue weighted by atomic mass is 35.5. The molecule has 0 saturated carbocycles. The van der Waals surface area contributed by atoms with E-state index in [0.29, 0.717) is 42.4 Å². The first kappa shape index (κ1) is 19.4. The summed E-state index contributed by atoms with van der Waals surface area (Å²) in [6.45, 7) is 1.40. The quantitative estimate of drug-likeness (QED) is 0.836. The summed E-state index contributed by atoms with van der Waals surface area (Å²) in [4.78, 5) is 36.8. The Morgan fingerprint density at radius 3 is 2.97 bits per heavy atom. The average molecular weight is 413 g/mol. The van der Waals surface area contributed by atoms with E-state index < -0.39 is 5.60 Å². The van der Waals surface area contributed by atoms with E-state index in [9.17, 15) is 9.59 Å². The maximum atomic E-state index is 12.9. The molecule has 3 heterocycles. The first-order chi connectivity index (χ1) is 14.0. The summed E-state index contributed by atoms with van der Waals surface area (Å²) in [5.41, 5.74) is 1.16. The highest BCUT2D eigenvalue weighted by Gasteiger charge is 2.45. The maximum Gasteiger partial charge on any atom is 0.269 e. The van der Waals surface area contributed by atoms with E-state index in [0.717, 1.165) is 18.4 Å². The van der Waals surface area contributed by atoms with Crippen molar-refractivity contribution in [2.75, 3.05) is 13.1 Å². The van der Waals surface area contributed by atoms with Gasteiger partial charge in [-0.2, -0.15) is 0 Å². The molecule has 7 nitrogen and oxygen atoms in total. The molecule has 2 amide bonds. The zero-order chi connectivity index (χ0) is 20.3. The number of aromatic nitrogens is 1. The fourth-order valence-corrected chi connectivity index (χ4v) is 3.91. The number of hydrogen-bond acceptors (Lipinski definition) is 5. The van der Waals surface area contributed by atoms with Gasteiger partial charge < -0.3 is 15.1 Å².